The maximum Gasteiger partial charge on any atom is 0.339 e. The molecule has 6 heteroatoms. The minimum Gasteiger partial charge on any atom is -0.478 e. The average molecular weight is 261 g/mol. The number of aromatic nitrogens is 3. The standard InChI is InChI=1S/C13H15N3O3/c17-13(18)10-5-3-6-16-11(14-15-12(10)16)8-9-4-1-2-7-19-9/h3,5-6,9H,1-2,4,7-8H2,(H,17,18). The van der Waals surface area contributed by atoms with Gasteiger partial charge in [-0.3, -0.25) is 4.40 Å². The van der Waals surface area contributed by atoms with Crippen LogP contribution in [0.15, 0.2) is 18.3 Å². The molecule has 0 saturated carbocycles. The fourth-order valence-electron chi connectivity index (χ4n) is 2.44. The van der Waals surface area contributed by atoms with Crippen LogP contribution in [0.2, 0.25) is 0 Å². The van der Waals surface area contributed by atoms with Gasteiger partial charge in [-0.05, 0) is 31.4 Å². The van der Waals surface area contributed by atoms with Gasteiger partial charge in [0.15, 0.2) is 5.65 Å². The van der Waals surface area contributed by atoms with Crippen molar-refractivity contribution in [2.75, 3.05) is 6.61 Å². The minimum atomic E-state index is -0.988. The molecule has 0 amide bonds. The Morgan fingerprint density at radius 3 is 3.11 bits per heavy atom. The molecule has 1 fully saturated rings. The maximum absolute atomic E-state index is 11.1. The number of fused-ring (bicyclic) bond motifs is 1. The Hall–Kier alpha value is -1.95. The van der Waals surface area contributed by atoms with Crippen molar-refractivity contribution in [1.29, 1.82) is 0 Å². The van der Waals surface area contributed by atoms with Gasteiger partial charge in [0.2, 0.25) is 0 Å². The molecular weight excluding hydrogens is 246 g/mol. The van der Waals surface area contributed by atoms with E-state index < -0.39 is 5.97 Å². The second kappa shape index (κ2) is 4.97. The third-order valence-corrected chi connectivity index (χ3v) is 3.42. The first-order chi connectivity index (χ1) is 9.25. The van der Waals surface area contributed by atoms with E-state index in [1.165, 1.54) is 12.5 Å². The zero-order chi connectivity index (χ0) is 13.2. The monoisotopic (exact) mass is 261 g/mol. The highest BCUT2D eigenvalue weighted by molar-refractivity contribution is 5.94. The zero-order valence-corrected chi connectivity index (χ0v) is 10.5. The number of aromatic carboxylic acids is 1. The molecule has 2 aromatic heterocycles. The summed E-state index contributed by atoms with van der Waals surface area (Å²) in [6.45, 7) is 0.793. The summed E-state index contributed by atoms with van der Waals surface area (Å²) in [5.41, 5.74) is 0.562. The normalized spacial score (nSPS) is 19.7. The van der Waals surface area contributed by atoms with Crippen LogP contribution in [0, 0.1) is 0 Å². The van der Waals surface area contributed by atoms with Gasteiger partial charge in [0.1, 0.15) is 11.4 Å². The summed E-state index contributed by atoms with van der Waals surface area (Å²) in [4.78, 5) is 11.1. The van der Waals surface area contributed by atoms with Gasteiger partial charge < -0.3 is 9.84 Å². The van der Waals surface area contributed by atoms with Gasteiger partial charge in [0, 0.05) is 19.2 Å². The van der Waals surface area contributed by atoms with E-state index in [1.54, 1.807) is 16.7 Å². The van der Waals surface area contributed by atoms with E-state index in [-0.39, 0.29) is 11.7 Å². The fraction of sp³-hybridized carbons (Fsp3) is 0.462. The highest BCUT2D eigenvalue weighted by Crippen LogP contribution is 2.18. The van der Waals surface area contributed by atoms with Crippen molar-refractivity contribution >= 4 is 11.6 Å². The van der Waals surface area contributed by atoms with E-state index in [0.717, 1.165) is 25.3 Å². The van der Waals surface area contributed by atoms with Gasteiger partial charge in [-0.1, -0.05) is 0 Å². The first kappa shape index (κ1) is 12.1. The van der Waals surface area contributed by atoms with Gasteiger partial charge in [0.25, 0.3) is 0 Å². The van der Waals surface area contributed by atoms with E-state index in [2.05, 4.69) is 10.2 Å². The fourth-order valence-corrected chi connectivity index (χ4v) is 2.44. The Labute approximate surface area is 110 Å². The molecule has 0 aromatic carbocycles. The van der Waals surface area contributed by atoms with Crippen LogP contribution >= 0.6 is 0 Å². The molecule has 1 N–H and O–H groups in total. The highest BCUT2D eigenvalue weighted by Gasteiger charge is 2.19. The second-order valence-electron chi connectivity index (χ2n) is 4.73. The lowest BCUT2D eigenvalue weighted by atomic mass is 10.1. The summed E-state index contributed by atoms with van der Waals surface area (Å²) < 4.78 is 7.42. The number of carboxylic acids is 1. The van der Waals surface area contributed by atoms with Crippen LogP contribution in [0.5, 0.6) is 0 Å². The topological polar surface area (TPSA) is 76.7 Å². The van der Waals surface area contributed by atoms with Crippen molar-refractivity contribution in [2.24, 2.45) is 0 Å². The largest absolute Gasteiger partial charge is 0.478 e. The highest BCUT2D eigenvalue weighted by atomic mass is 16.5. The first-order valence-electron chi connectivity index (χ1n) is 6.43. The molecule has 2 aromatic rings. The van der Waals surface area contributed by atoms with Crippen LogP contribution in [0.1, 0.15) is 35.4 Å². The molecule has 3 rings (SSSR count). The maximum atomic E-state index is 11.1. The molecule has 1 unspecified atom stereocenters. The first-order valence-corrected chi connectivity index (χ1v) is 6.43. The van der Waals surface area contributed by atoms with Crippen molar-refractivity contribution in [2.45, 2.75) is 31.8 Å². The lowest BCUT2D eigenvalue weighted by molar-refractivity contribution is 0.0155. The number of ether oxygens (including phenoxy) is 1. The lowest BCUT2D eigenvalue weighted by Crippen LogP contribution is -2.22. The van der Waals surface area contributed by atoms with Crippen LogP contribution < -0.4 is 0 Å². The van der Waals surface area contributed by atoms with Crippen LogP contribution in [0.4, 0.5) is 0 Å². The molecule has 0 bridgehead atoms. The molecule has 6 nitrogen and oxygen atoms in total. The second-order valence-corrected chi connectivity index (χ2v) is 4.73. The van der Waals surface area contributed by atoms with Crippen LogP contribution in [0.25, 0.3) is 5.65 Å². The third kappa shape index (κ3) is 2.31. The van der Waals surface area contributed by atoms with Gasteiger partial charge >= 0.3 is 5.97 Å². The van der Waals surface area contributed by atoms with E-state index in [1.807, 2.05) is 0 Å². The number of carbonyl (C=O) groups is 1. The molecule has 1 aliphatic rings. The number of nitrogens with zero attached hydrogens (tertiary/aromatic N) is 3. The summed E-state index contributed by atoms with van der Waals surface area (Å²) in [5.74, 6) is -0.233. The number of rotatable bonds is 3. The smallest absolute Gasteiger partial charge is 0.339 e. The Kier molecular flexibility index (Phi) is 3.16. The predicted octanol–water partition coefficient (Wildman–Crippen LogP) is 1.54. The Bertz CT molecular complexity index is 602. The summed E-state index contributed by atoms with van der Waals surface area (Å²) in [6.07, 6.45) is 5.93. The van der Waals surface area contributed by atoms with Crippen molar-refractivity contribution < 1.29 is 14.6 Å². The molecule has 0 aliphatic carbocycles. The van der Waals surface area contributed by atoms with E-state index in [9.17, 15) is 4.79 Å². The lowest BCUT2D eigenvalue weighted by Gasteiger charge is -2.21. The molecule has 0 spiro atoms. The molecule has 100 valence electrons. The molecule has 19 heavy (non-hydrogen) atoms. The summed E-state index contributed by atoms with van der Waals surface area (Å²) in [5, 5.41) is 17.2. The van der Waals surface area contributed by atoms with Crippen LogP contribution in [-0.2, 0) is 11.2 Å². The molecule has 1 atom stereocenters. The summed E-state index contributed by atoms with van der Waals surface area (Å²) >= 11 is 0. The Morgan fingerprint density at radius 1 is 1.47 bits per heavy atom. The Morgan fingerprint density at radius 2 is 2.37 bits per heavy atom. The summed E-state index contributed by atoms with van der Waals surface area (Å²) in [6, 6.07) is 3.23. The molecule has 1 saturated heterocycles. The number of carboxylic acid groups (broad SMARTS) is 1. The van der Waals surface area contributed by atoms with E-state index in [0.29, 0.717) is 12.1 Å². The number of hydrogen-bond donors (Lipinski definition) is 1. The Balaban J connectivity index is 1.92. The van der Waals surface area contributed by atoms with E-state index >= 15 is 0 Å². The SMILES string of the molecule is O=C(O)c1cccn2c(CC3CCCCO3)nnc12. The quantitative estimate of drug-likeness (QED) is 0.906. The van der Waals surface area contributed by atoms with Gasteiger partial charge in [-0.25, -0.2) is 4.79 Å². The van der Waals surface area contributed by atoms with Crippen molar-refractivity contribution in [1.82, 2.24) is 14.6 Å². The van der Waals surface area contributed by atoms with Crippen molar-refractivity contribution in [3.63, 3.8) is 0 Å². The zero-order valence-electron chi connectivity index (χ0n) is 10.5. The predicted molar refractivity (Wildman–Crippen MR) is 67.2 cm³/mol. The third-order valence-electron chi connectivity index (χ3n) is 3.42. The number of hydrogen-bond acceptors (Lipinski definition) is 4. The molecule has 3 heterocycles. The van der Waals surface area contributed by atoms with E-state index in [4.69, 9.17) is 9.84 Å². The molecule has 0 radical (unpaired) electrons. The minimum absolute atomic E-state index is 0.162. The molecule has 1 aliphatic heterocycles. The van der Waals surface area contributed by atoms with Gasteiger partial charge in [0.05, 0.1) is 6.10 Å². The van der Waals surface area contributed by atoms with Crippen molar-refractivity contribution in [3.8, 4) is 0 Å². The average Bonchev–Trinajstić information content (AvgIpc) is 2.83. The summed E-state index contributed by atoms with van der Waals surface area (Å²) in [7, 11) is 0. The molecular formula is C13H15N3O3. The van der Waals surface area contributed by atoms with Crippen LogP contribution in [0.3, 0.4) is 0 Å². The van der Waals surface area contributed by atoms with Gasteiger partial charge in [-0.15, -0.1) is 10.2 Å². The number of pyridine rings is 1. The van der Waals surface area contributed by atoms with Crippen molar-refractivity contribution in [3.05, 3.63) is 29.7 Å². The van der Waals surface area contributed by atoms with Crippen LogP contribution in [-0.4, -0.2) is 38.4 Å². The van der Waals surface area contributed by atoms with Gasteiger partial charge in [-0.2, -0.15) is 0 Å².